The van der Waals surface area contributed by atoms with Crippen LogP contribution in [0.4, 0.5) is 5.69 Å². The molecule has 2 N–H and O–H groups in total. The van der Waals surface area contributed by atoms with Crippen molar-refractivity contribution in [1.29, 1.82) is 0 Å². The molecular formula is C22H24N4O4. The lowest BCUT2D eigenvalue weighted by Gasteiger charge is -2.47. The second-order valence-electron chi connectivity index (χ2n) is 7.58. The number of aromatic hydroxyl groups is 1. The van der Waals surface area contributed by atoms with Crippen molar-refractivity contribution in [2.45, 2.75) is 39.5 Å². The Morgan fingerprint density at radius 3 is 2.50 bits per heavy atom. The molecule has 1 saturated heterocycles. The van der Waals surface area contributed by atoms with E-state index in [1.165, 1.54) is 4.68 Å². The van der Waals surface area contributed by atoms with Crippen LogP contribution in [0.2, 0.25) is 0 Å². The number of ether oxygens (including phenoxy) is 1. The van der Waals surface area contributed by atoms with Crippen LogP contribution in [0, 0.1) is 20.8 Å². The summed E-state index contributed by atoms with van der Waals surface area (Å²) < 4.78 is 6.97. The fourth-order valence-corrected chi connectivity index (χ4v) is 3.84. The number of hydrogen-bond acceptors (Lipinski definition) is 6. The number of methoxy groups -OCH3 is 1. The molecule has 0 bridgehead atoms. The molecule has 1 fully saturated rings. The number of phenolic OH excluding ortho intramolecular Hbond substituents is 1. The highest BCUT2D eigenvalue weighted by molar-refractivity contribution is 6.04. The Morgan fingerprint density at radius 2 is 1.87 bits per heavy atom. The van der Waals surface area contributed by atoms with Crippen LogP contribution < -0.4 is 9.64 Å². The number of aliphatic hydroxyl groups is 1. The first kappa shape index (κ1) is 19.9. The molecular weight excluding hydrogens is 384 g/mol. The van der Waals surface area contributed by atoms with Crippen LogP contribution >= 0.6 is 0 Å². The Bertz CT molecular complexity index is 1120. The fourth-order valence-electron chi connectivity index (χ4n) is 3.84. The molecule has 0 aliphatic carbocycles. The van der Waals surface area contributed by atoms with Crippen LogP contribution in [0.25, 0.3) is 0 Å². The first-order chi connectivity index (χ1) is 14.3. The zero-order valence-electron chi connectivity index (χ0n) is 17.3. The predicted octanol–water partition coefficient (Wildman–Crippen LogP) is 2.74. The number of benzene rings is 2. The number of carbonyl (C=O) groups excluding carboxylic acids is 1. The number of phenols is 1. The molecule has 2 atom stereocenters. The molecule has 2 aromatic carbocycles. The summed E-state index contributed by atoms with van der Waals surface area (Å²) in [5, 5.41) is 27.5. The van der Waals surface area contributed by atoms with Crippen LogP contribution in [-0.4, -0.2) is 38.2 Å². The zero-order valence-corrected chi connectivity index (χ0v) is 17.3. The van der Waals surface area contributed by atoms with Crippen molar-refractivity contribution in [3.05, 3.63) is 64.5 Å². The van der Waals surface area contributed by atoms with E-state index in [-0.39, 0.29) is 18.3 Å². The minimum Gasteiger partial charge on any atom is -0.508 e. The SMILES string of the molecule is COc1cc(N2C(=O)[C@@H](n3cc(CO)nn3)[C@@H]2c2ccc(C)c(O)c2)cc(C)c1C. The number of rotatable bonds is 5. The van der Waals surface area contributed by atoms with Gasteiger partial charge >= 0.3 is 0 Å². The summed E-state index contributed by atoms with van der Waals surface area (Å²) in [6.45, 7) is 5.51. The van der Waals surface area contributed by atoms with Crippen molar-refractivity contribution in [3.8, 4) is 11.5 Å². The number of hydrogen-bond donors (Lipinski definition) is 2. The third-order valence-electron chi connectivity index (χ3n) is 5.75. The van der Waals surface area contributed by atoms with Crippen molar-refractivity contribution in [1.82, 2.24) is 15.0 Å². The third-order valence-corrected chi connectivity index (χ3v) is 5.75. The van der Waals surface area contributed by atoms with Crippen molar-refractivity contribution < 1.29 is 19.7 Å². The van der Waals surface area contributed by atoms with Crippen molar-refractivity contribution >= 4 is 11.6 Å². The van der Waals surface area contributed by atoms with E-state index in [9.17, 15) is 15.0 Å². The van der Waals surface area contributed by atoms with Gasteiger partial charge in [0, 0.05) is 11.8 Å². The number of nitrogens with zero attached hydrogens (tertiary/aromatic N) is 4. The van der Waals surface area contributed by atoms with Gasteiger partial charge in [0.1, 0.15) is 17.2 Å². The van der Waals surface area contributed by atoms with Crippen molar-refractivity contribution in [2.24, 2.45) is 0 Å². The molecule has 1 aliphatic rings. The monoisotopic (exact) mass is 408 g/mol. The Labute approximate surface area is 174 Å². The Kier molecular flexibility index (Phi) is 4.95. The number of amides is 1. The van der Waals surface area contributed by atoms with E-state index in [2.05, 4.69) is 10.3 Å². The average Bonchev–Trinajstić information content (AvgIpc) is 3.19. The molecule has 2 heterocycles. The van der Waals surface area contributed by atoms with E-state index in [1.807, 2.05) is 45.0 Å². The first-order valence-electron chi connectivity index (χ1n) is 9.65. The second kappa shape index (κ2) is 7.46. The zero-order chi connectivity index (χ0) is 21.6. The highest BCUT2D eigenvalue weighted by Gasteiger charge is 2.51. The fraction of sp³-hybridized carbons (Fsp3) is 0.318. The normalized spacial score (nSPS) is 18.4. The number of carbonyl (C=O) groups is 1. The maximum Gasteiger partial charge on any atom is 0.255 e. The van der Waals surface area contributed by atoms with Gasteiger partial charge in [-0.3, -0.25) is 4.79 Å². The second-order valence-corrected chi connectivity index (χ2v) is 7.58. The Balaban J connectivity index is 1.82. The summed E-state index contributed by atoms with van der Waals surface area (Å²) in [7, 11) is 1.60. The van der Waals surface area contributed by atoms with E-state index in [0.717, 1.165) is 22.3 Å². The first-order valence-corrected chi connectivity index (χ1v) is 9.65. The molecule has 156 valence electrons. The third kappa shape index (κ3) is 3.09. The Morgan fingerprint density at radius 1 is 1.10 bits per heavy atom. The number of aliphatic hydroxyl groups excluding tert-OH is 1. The maximum atomic E-state index is 13.3. The molecule has 8 heteroatoms. The lowest BCUT2D eigenvalue weighted by atomic mass is 9.86. The van der Waals surface area contributed by atoms with Gasteiger partial charge in [0.05, 0.1) is 26.0 Å². The van der Waals surface area contributed by atoms with Gasteiger partial charge in [-0.15, -0.1) is 5.10 Å². The van der Waals surface area contributed by atoms with Crippen LogP contribution in [0.5, 0.6) is 11.5 Å². The number of anilines is 1. The lowest BCUT2D eigenvalue weighted by Crippen LogP contribution is -2.56. The average molecular weight is 408 g/mol. The molecule has 0 saturated carbocycles. The summed E-state index contributed by atoms with van der Waals surface area (Å²) in [5.74, 6) is 0.715. The summed E-state index contributed by atoms with van der Waals surface area (Å²) in [5.41, 5.74) is 4.65. The number of β-lactam (4-membered cyclic amide) rings is 1. The molecule has 4 rings (SSSR count). The topological polar surface area (TPSA) is 101 Å². The largest absolute Gasteiger partial charge is 0.508 e. The molecule has 0 unspecified atom stereocenters. The van der Waals surface area contributed by atoms with E-state index in [1.54, 1.807) is 24.3 Å². The van der Waals surface area contributed by atoms with Gasteiger partial charge in [0.2, 0.25) is 0 Å². The minimum atomic E-state index is -0.632. The highest BCUT2D eigenvalue weighted by Crippen LogP contribution is 2.48. The maximum absolute atomic E-state index is 13.3. The molecule has 8 nitrogen and oxygen atoms in total. The van der Waals surface area contributed by atoms with Crippen molar-refractivity contribution in [3.63, 3.8) is 0 Å². The van der Waals surface area contributed by atoms with Crippen molar-refractivity contribution in [2.75, 3.05) is 12.0 Å². The summed E-state index contributed by atoms with van der Waals surface area (Å²) in [4.78, 5) is 14.9. The predicted molar refractivity (Wildman–Crippen MR) is 111 cm³/mol. The van der Waals surface area contributed by atoms with E-state index in [4.69, 9.17) is 4.74 Å². The van der Waals surface area contributed by atoms with Gasteiger partial charge in [-0.25, -0.2) is 4.68 Å². The molecule has 1 aromatic heterocycles. The van der Waals surface area contributed by atoms with Gasteiger partial charge in [-0.05, 0) is 55.2 Å². The lowest BCUT2D eigenvalue weighted by molar-refractivity contribution is -0.129. The van der Waals surface area contributed by atoms with Crippen LogP contribution in [-0.2, 0) is 11.4 Å². The highest BCUT2D eigenvalue weighted by atomic mass is 16.5. The molecule has 30 heavy (non-hydrogen) atoms. The van der Waals surface area contributed by atoms with Crippen LogP contribution in [0.15, 0.2) is 36.5 Å². The molecule has 0 radical (unpaired) electrons. The van der Waals surface area contributed by atoms with Gasteiger partial charge in [0.25, 0.3) is 5.91 Å². The van der Waals surface area contributed by atoms with Gasteiger partial charge < -0.3 is 19.8 Å². The smallest absolute Gasteiger partial charge is 0.255 e. The Hall–Kier alpha value is -3.39. The van der Waals surface area contributed by atoms with Crippen LogP contribution in [0.3, 0.4) is 0 Å². The molecule has 1 aliphatic heterocycles. The molecule has 3 aromatic rings. The molecule has 1 amide bonds. The summed E-state index contributed by atoms with van der Waals surface area (Å²) >= 11 is 0. The van der Waals surface area contributed by atoms with E-state index < -0.39 is 12.1 Å². The number of aromatic nitrogens is 3. The van der Waals surface area contributed by atoms with Crippen LogP contribution in [0.1, 0.15) is 40.0 Å². The van der Waals surface area contributed by atoms with E-state index >= 15 is 0 Å². The van der Waals surface area contributed by atoms with E-state index in [0.29, 0.717) is 17.1 Å². The number of aryl methyl sites for hydroxylation is 2. The summed E-state index contributed by atoms with van der Waals surface area (Å²) in [6.07, 6.45) is 1.57. The summed E-state index contributed by atoms with van der Waals surface area (Å²) in [6, 6.07) is 8.16. The standard InChI is InChI=1S/C22H24N4O4/c1-12-5-6-15(8-18(12)28)20-21(25-10-16(11-27)23-24-25)22(29)26(20)17-7-13(2)14(3)19(9-17)30-4/h5-10,20-21,27-28H,11H2,1-4H3/t20-,21-/m0/s1. The van der Waals surface area contributed by atoms with Gasteiger partial charge in [0.15, 0.2) is 6.04 Å². The minimum absolute atomic E-state index is 0.153. The molecule has 0 spiro atoms. The van der Waals surface area contributed by atoms with Gasteiger partial charge in [-0.2, -0.15) is 0 Å². The quantitative estimate of drug-likeness (QED) is 0.630. The van der Waals surface area contributed by atoms with Gasteiger partial charge in [-0.1, -0.05) is 17.3 Å².